The summed E-state index contributed by atoms with van der Waals surface area (Å²) in [6.07, 6.45) is -9.36. The molecule has 2 aromatic carbocycles. The highest BCUT2D eigenvalue weighted by Gasteiger charge is 2.36. The van der Waals surface area contributed by atoms with Gasteiger partial charge in [-0.05, 0) is 61.4 Å². The van der Waals surface area contributed by atoms with Gasteiger partial charge in [0, 0.05) is 18.6 Å². The van der Waals surface area contributed by atoms with Crippen LogP contribution in [0.2, 0.25) is 5.02 Å². The molecule has 0 aliphatic rings. The third-order valence-electron chi connectivity index (χ3n) is 4.68. The van der Waals surface area contributed by atoms with Crippen molar-refractivity contribution in [3.05, 3.63) is 75.3 Å². The molecule has 194 valence electrons. The Morgan fingerprint density at radius 2 is 1.69 bits per heavy atom. The molecule has 1 atom stereocenters. The fourth-order valence-corrected chi connectivity index (χ4v) is 3.18. The first kappa shape index (κ1) is 29.1. The molecule has 4 nitrogen and oxygen atoms in total. The molecule has 0 aliphatic heterocycles. The Balaban J connectivity index is 2.11. The average molecular weight is 535 g/mol. The van der Waals surface area contributed by atoms with Crippen molar-refractivity contribution in [3.63, 3.8) is 0 Å². The molecule has 0 bridgehead atoms. The summed E-state index contributed by atoms with van der Waals surface area (Å²) in [7, 11) is 0. The Labute approximate surface area is 208 Å². The summed E-state index contributed by atoms with van der Waals surface area (Å²) >= 11 is 6.18. The molecule has 0 fully saturated rings. The topological polar surface area (TPSA) is 55.8 Å². The molecule has 2 aromatic rings. The lowest BCUT2D eigenvalue weighted by molar-refractivity contribution is -0.150. The highest BCUT2D eigenvalue weighted by molar-refractivity contribution is 6.32. The number of halogens is 7. The Morgan fingerprint density at radius 3 is 2.19 bits per heavy atom. The van der Waals surface area contributed by atoms with E-state index in [4.69, 9.17) is 21.1 Å². The van der Waals surface area contributed by atoms with Crippen LogP contribution in [0.1, 0.15) is 36.1 Å². The van der Waals surface area contributed by atoms with Crippen LogP contribution < -0.4 is 4.74 Å². The average Bonchev–Trinajstić information content (AvgIpc) is 2.77. The van der Waals surface area contributed by atoms with Crippen LogP contribution in [0.25, 0.3) is 0 Å². The van der Waals surface area contributed by atoms with E-state index in [-0.39, 0.29) is 36.5 Å². The minimum absolute atomic E-state index is 0.0351. The molecule has 0 spiro atoms. The number of carboxylic acids is 1. The third kappa shape index (κ3) is 8.81. The summed E-state index contributed by atoms with van der Waals surface area (Å²) in [4.78, 5) is 11.2. The maximum atomic E-state index is 13.0. The number of aliphatic carboxylic acids is 1. The summed E-state index contributed by atoms with van der Waals surface area (Å²) in [6.45, 7) is 3.39. The molecule has 0 heterocycles. The first-order valence-corrected chi connectivity index (χ1v) is 10.8. The molecule has 0 saturated heterocycles. The smallest absolute Gasteiger partial charge is 0.416 e. The first-order chi connectivity index (χ1) is 16.7. The van der Waals surface area contributed by atoms with Crippen LogP contribution in [0.4, 0.5) is 26.3 Å². The maximum Gasteiger partial charge on any atom is 0.416 e. The largest absolute Gasteiger partial charge is 0.488 e. The Morgan fingerprint density at radius 1 is 1.08 bits per heavy atom. The Hall–Kier alpha value is -3.16. The number of benzene rings is 2. The van der Waals surface area contributed by atoms with Crippen LogP contribution in [0.5, 0.6) is 5.75 Å². The standard InChI is InChI=1S/C25H21ClF6O4/c1-3-35-22(23(33)34)13-17-6-7-21(20(26)12-17)36-9-8-15(2)4-5-16-10-18(24(27,28)29)14-19(11-16)25(30,31)32/h6-8,10-12,14,22H,3,9,13H2,1-2H3,(H,33,34)/b15-8+/t22-/m0/s1. The molecule has 0 unspecified atom stereocenters. The number of rotatable bonds is 8. The molecule has 1 N–H and O–H groups in total. The van der Waals surface area contributed by atoms with Crippen molar-refractivity contribution < 1.29 is 45.7 Å². The third-order valence-corrected chi connectivity index (χ3v) is 4.98. The molecule has 36 heavy (non-hydrogen) atoms. The van der Waals surface area contributed by atoms with Gasteiger partial charge in [0.15, 0.2) is 6.10 Å². The number of hydrogen-bond acceptors (Lipinski definition) is 3. The predicted molar refractivity (Wildman–Crippen MR) is 121 cm³/mol. The second-order valence-electron chi connectivity index (χ2n) is 7.49. The molecular formula is C25H21ClF6O4. The van der Waals surface area contributed by atoms with Crippen molar-refractivity contribution >= 4 is 17.6 Å². The van der Waals surface area contributed by atoms with Crippen LogP contribution in [0.15, 0.2) is 48.0 Å². The van der Waals surface area contributed by atoms with Gasteiger partial charge in [-0.25, -0.2) is 4.79 Å². The zero-order chi connectivity index (χ0) is 27.1. The van der Waals surface area contributed by atoms with Gasteiger partial charge >= 0.3 is 18.3 Å². The van der Waals surface area contributed by atoms with Gasteiger partial charge in [0.1, 0.15) is 12.4 Å². The van der Waals surface area contributed by atoms with Gasteiger partial charge in [-0.15, -0.1) is 0 Å². The SMILES string of the molecule is CCO[C@@H](Cc1ccc(OC/C=C(\C)C#Cc2cc(C(F)(F)F)cc(C(F)(F)F)c2)c(Cl)c1)C(=O)O. The highest BCUT2D eigenvalue weighted by atomic mass is 35.5. The molecule has 11 heteroatoms. The van der Waals surface area contributed by atoms with Crippen LogP contribution >= 0.6 is 11.6 Å². The van der Waals surface area contributed by atoms with Gasteiger partial charge in [-0.3, -0.25) is 0 Å². The van der Waals surface area contributed by atoms with Crippen molar-refractivity contribution in [1.82, 2.24) is 0 Å². The fourth-order valence-electron chi connectivity index (χ4n) is 2.93. The van der Waals surface area contributed by atoms with Crippen LogP contribution in [-0.4, -0.2) is 30.4 Å². The van der Waals surface area contributed by atoms with Gasteiger partial charge in [0.05, 0.1) is 16.1 Å². The maximum absolute atomic E-state index is 13.0. The molecular weight excluding hydrogens is 514 g/mol. The lowest BCUT2D eigenvalue weighted by Gasteiger charge is -2.13. The summed E-state index contributed by atoms with van der Waals surface area (Å²) < 4.78 is 88.5. The molecule has 2 rings (SSSR count). The molecule has 0 aliphatic carbocycles. The van der Waals surface area contributed by atoms with E-state index in [0.717, 1.165) is 0 Å². The van der Waals surface area contributed by atoms with E-state index >= 15 is 0 Å². The van der Waals surface area contributed by atoms with Crippen LogP contribution in [0.3, 0.4) is 0 Å². The lowest BCUT2D eigenvalue weighted by atomic mass is 10.0. The Kier molecular flexibility index (Phi) is 9.85. The molecule has 0 amide bonds. The molecule has 0 radical (unpaired) electrons. The van der Waals surface area contributed by atoms with Gasteiger partial charge in [-0.2, -0.15) is 26.3 Å². The molecule has 0 aromatic heterocycles. The second kappa shape index (κ2) is 12.2. The van der Waals surface area contributed by atoms with Gasteiger partial charge in [0.2, 0.25) is 0 Å². The van der Waals surface area contributed by atoms with Crippen molar-refractivity contribution in [1.29, 1.82) is 0 Å². The van der Waals surface area contributed by atoms with E-state index in [1.54, 1.807) is 19.1 Å². The summed E-state index contributed by atoms with van der Waals surface area (Å²) in [5.74, 6) is 4.00. The number of allylic oxidation sites excluding steroid dienone is 1. The van der Waals surface area contributed by atoms with E-state index in [1.165, 1.54) is 19.1 Å². The van der Waals surface area contributed by atoms with E-state index in [9.17, 15) is 36.2 Å². The number of carboxylic acid groups (broad SMARTS) is 1. The van der Waals surface area contributed by atoms with E-state index < -0.39 is 41.1 Å². The quantitative estimate of drug-likeness (QED) is 0.299. The highest BCUT2D eigenvalue weighted by Crippen LogP contribution is 2.36. The van der Waals surface area contributed by atoms with Gasteiger partial charge in [-0.1, -0.05) is 29.5 Å². The van der Waals surface area contributed by atoms with Crippen LogP contribution in [0, 0.1) is 11.8 Å². The Bertz CT molecular complexity index is 1140. The number of alkyl halides is 6. The van der Waals surface area contributed by atoms with E-state index in [0.29, 0.717) is 23.3 Å². The molecule has 0 saturated carbocycles. The minimum Gasteiger partial charge on any atom is -0.488 e. The van der Waals surface area contributed by atoms with E-state index in [2.05, 4.69) is 11.8 Å². The van der Waals surface area contributed by atoms with Gasteiger partial charge in [0.25, 0.3) is 0 Å². The summed E-state index contributed by atoms with van der Waals surface area (Å²) in [6, 6.07) is 5.84. The predicted octanol–water partition coefficient (Wildman–Crippen LogP) is 6.79. The van der Waals surface area contributed by atoms with Crippen molar-refractivity contribution in [3.8, 4) is 17.6 Å². The monoisotopic (exact) mass is 534 g/mol. The lowest BCUT2D eigenvalue weighted by Crippen LogP contribution is -2.26. The zero-order valence-electron chi connectivity index (χ0n) is 19.1. The van der Waals surface area contributed by atoms with E-state index in [1.807, 2.05) is 0 Å². The first-order valence-electron chi connectivity index (χ1n) is 10.4. The second-order valence-corrected chi connectivity index (χ2v) is 7.90. The van der Waals surface area contributed by atoms with Crippen molar-refractivity contribution in [2.45, 2.75) is 38.7 Å². The van der Waals surface area contributed by atoms with Crippen molar-refractivity contribution in [2.24, 2.45) is 0 Å². The van der Waals surface area contributed by atoms with Gasteiger partial charge < -0.3 is 14.6 Å². The zero-order valence-corrected chi connectivity index (χ0v) is 19.8. The summed E-state index contributed by atoms with van der Waals surface area (Å²) in [5.41, 5.74) is -2.36. The van der Waals surface area contributed by atoms with Crippen molar-refractivity contribution in [2.75, 3.05) is 13.2 Å². The number of carbonyl (C=O) groups is 1. The number of ether oxygens (including phenoxy) is 2. The normalized spacial score (nSPS) is 13.1. The fraction of sp³-hybridized carbons (Fsp3) is 0.320. The minimum atomic E-state index is -4.96. The van der Waals surface area contributed by atoms with Crippen LogP contribution in [-0.2, 0) is 28.3 Å². The number of hydrogen-bond donors (Lipinski definition) is 1. The summed E-state index contributed by atoms with van der Waals surface area (Å²) in [5, 5.41) is 9.39.